The molecule has 0 unspecified atom stereocenters. The van der Waals surface area contributed by atoms with Gasteiger partial charge in [0.2, 0.25) is 0 Å². The Morgan fingerprint density at radius 3 is 1.88 bits per heavy atom. The number of fused-ring (bicyclic) bond motifs is 6. The zero-order valence-corrected chi connectivity index (χ0v) is 23.2. The number of halogens is 3. The van der Waals surface area contributed by atoms with E-state index in [1.165, 1.54) is 26.2 Å². The zero-order valence-electron chi connectivity index (χ0n) is 22.4. The number of nitrogens with zero attached hydrogens (tertiary/aromatic N) is 1. The third-order valence-corrected chi connectivity index (χ3v) is 9.22. The van der Waals surface area contributed by atoms with Crippen LogP contribution >= 0.6 is 11.3 Å². The van der Waals surface area contributed by atoms with E-state index >= 15 is 4.39 Å². The van der Waals surface area contributed by atoms with E-state index in [1.807, 2.05) is 30.3 Å². The Bertz CT molecular complexity index is 2430. The summed E-state index contributed by atoms with van der Waals surface area (Å²) in [5.41, 5.74) is 3.92. The molecule has 0 amide bonds. The van der Waals surface area contributed by atoms with Gasteiger partial charge in [-0.2, -0.15) is 5.26 Å². The second-order valence-corrected chi connectivity index (χ2v) is 11.6. The summed E-state index contributed by atoms with van der Waals surface area (Å²) >= 11 is 1.72. The number of aromatic amines is 1. The Hall–Kier alpha value is -5.38. The van der Waals surface area contributed by atoms with Crippen molar-refractivity contribution < 1.29 is 13.2 Å². The number of hydrogen-bond acceptors (Lipinski definition) is 2. The average molecular weight is 581 g/mol. The van der Waals surface area contributed by atoms with E-state index in [-0.39, 0.29) is 16.7 Å². The first kappa shape index (κ1) is 25.3. The number of nitriles is 1. The molecule has 1 N–H and O–H groups in total. The second kappa shape index (κ2) is 9.59. The van der Waals surface area contributed by atoms with Crippen molar-refractivity contribution in [2.45, 2.75) is 0 Å². The summed E-state index contributed by atoms with van der Waals surface area (Å²) in [6.07, 6.45) is 0. The van der Waals surface area contributed by atoms with Gasteiger partial charge in [-0.3, -0.25) is 0 Å². The Morgan fingerprint density at radius 2 is 1.14 bits per heavy atom. The molecule has 0 aliphatic heterocycles. The van der Waals surface area contributed by atoms with Crippen LogP contribution < -0.4 is 0 Å². The van der Waals surface area contributed by atoms with Gasteiger partial charge >= 0.3 is 0 Å². The molecule has 204 valence electrons. The maximum atomic E-state index is 15.2. The Kier molecular flexibility index (Phi) is 5.65. The molecule has 0 fully saturated rings. The van der Waals surface area contributed by atoms with Crippen molar-refractivity contribution in [2.24, 2.45) is 0 Å². The third-order valence-electron chi connectivity index (χ3n) is 8.10. The topological polar surface area (TPSA) is 39.6 Å². The molecule has 0 radical (unpaired) electrons. The van der Waals surface area contributed by atoms with Crippen molar-refractivity contribution in [3.8, 4) is 39.4 Å². The molecule has 2 nitrogen and oxygen atoms in total. The van der Waals surface area contributed by atoms with Crippen LogP contribution in [0.5, 0.6) is 0 Å². The fourth-order valence-electron chi connectivity index (χ4n) is 6.05. The molecule has 0 bridgehead atoms. The molecule has 8 rings (SSSR count). The molecule has 0 atom stereocenters. The van der Waals surface area contributed by atoms with Gasteiger partial charge < -0.3 is 4.98 Å². The lowest BCUT2D eigenvalue weighted by Crippen LogP contribution is -2.03. The number of thiophene rings is 1. The summed E-state index contributed by atoms with van der Waals surface area (Å²) in [5, 5.41) is 14.7. The summed E-state index contributed by atoms with van der Waals surface area (Å²) in [6.45, 7) is 0. The highest BCUT2D eigenvalue weighted by molar-refractivity contribution is 7.25. The van der Waals surface area contributed by atoms with Crippen molar-refractivity contribution in [3.05, 3.63) is 132 Å². The largest absolute Gasteiger partial charge is 0.354 e. The minimum atomic E-state index is -1.60. The van der Waals surface area contributed by atoms with Gasteiger partial charge in [-0.05, 0) is 46.5 Å². The molecule has 0 aliphatic rings. The normalized spacial score (nSPS) is 11.6. The van der Waals surface area contributed by atoms with Gasteiger partial charge in [0.15, 0.2) is 17.5 Å². The van der Waals surface area contributed by atoms with E-state index in [4.69, 9.17) is 0 Å². The fourth-order valence-corrected chi connectivity index (χ4v) is 7.22. The van der Waals surface area contributed by atoms with Gasteiger partial charge in [-0.15, -0.1) is 11.3 Å². The predicted molar refractivity (Wildman–Crippen MR) is 170 cm³/mol. The molecule has 6 heteroatoms. The fraction of sp³-hybridized carbons (Fsp3) is 0. The van der Waals surface area contributed by atoms with Gasteiger partial charge in [0.25, 0.3) is 0 Å². The van der Waals surface area contributed by atoms with Gasteiger partial charge in [0, 0.05) is 53.1 Å². The van der Waals surface area contributed by atoms with Crippen LogP contribution in [0.1, 0.15) is 5.56 Å². The molecule has 0 saturated carbocycles. The van der Waals surface area contributed by atoms with Crippen molar-refractivity contribution >= 4 is 53.3 Å². The Labute approximate surface area is 247 Å². The first-order chi connectivity index (χ1) is 21.0. The van der Waals surface area contributed by atoms with Gasteiger partial charge in [0.1, 0.15) is 6.07 Å². The van der Waals surface area contributed by atoms with Crippen LogP contribution in [0.3, 0.4) is 0 Å². The van der Waals surface area contributed by atoms with Crippen LogP contribution in [0, 0.1) is 28.8 Å². The van der Waals surface area contributed by atoms with E-state index in [1.54, 1.807) is 53.8 Å². The van der Waals surface area contributed by atoms with Gasteiger partial charge in [-0.1, -0.05) is 84.9 Å². The summed E-state index contributed by atoms with van der Waals surface area (Å²) in [5.74, 6) is -4.35. The van der Waals surface area contributed by atoms with Crippen LogP contribution in [-0.2, 0) is 0 Å². The summed E-state index contributed by atoms with van der Waals surface area (Å²) in [4.78, 5) is 3.52. The molecule has 6 aromatic carbocycles. The lowest BCUT2D eigenvalue weighted by Gasteiger charge is -2.14. The van der Waals surface area contributed by atoms with Crippen molar-refractivity contribution in [2.75, 3.05) is 0 Å². The highest BCUT2D eigenvalue weighted by Gasteiger charge is 2.26. The maximum Gasteiger partial charge on any atom is 0.195 e. The maximum absolute atomic E-state index is 15.2. The number of H-pyrrole nitrogens is 1. The molecule has 43 heavy (non-hydrogen) atoms. The smallest absolute Gasteiger partial charge is 0.195 e. The lowest BCUT2D eigenvalue weighted by atomic mass is 9.90. The molecule has 2 heterocycles. The van der Waals surface area contributed by atoms with Crippen LogP contribution in [0.25, 0.3) is 75.4 Å². The van der Waals surface area contributed by atoms with E-state index in [9.17, 15) is 14.0 Å². The molecule has 0 aliphatic carbocycles. The third kappa shape index (κ3) is 3.86. The lowest BCUT2D eigenvalue weighted by molar-refractivity contribution is 0.450. The minimum Gasteiger partial charge on any atom is -0.354 e. The van der Waals surface area contributed by atoms with Crippen LogP contribution in [0.4, 0.5) is 13.2 Å². The van der Waals surface area contributed by atoms with Crippen LogP contribution in [-0.4, -0.2) is 4.98 Å². The van der Waals surface area contributed by atoms with Gasteiger partial charge in [-0.25, -0.2) is 13.2 Å². The van der Waals surface area contributed by atoms with Crippen molar-refractivity contribution in [3.63, 3.8) is 0 Å². The molecule has 2 aromatic heterocycles. The quantitative estimate of drug-likeness (QED) is 0.208. The summed E-state index contributed by atoms with van der Waals surface area (Å²) in [6, 6.07) is 36.0. The zero-order chi connectivity index (χ0) is 29.2. The highest BCUT2D eigenvalue weighted by Crippen LogP contribution is 2.41. The first-order valence-electron chi connectivity index (χ1n) is 13.7. The van der Waals surface area contributed by atoms with Crippen molar-refractivity contribution in [1.29, 1.82) is 5.26 Å². The second-order valence-electron chi connectivity index (χ2n) is 10.5. The van der Waals surface area contributed by atoms with E-state index in [2.05, 4.69) is 47.4 Å². The molecule has 0 spiro atoms. The number of hydrogen-bond donors (Lipinski definition) is 1. The average Bonchev–Trinajstić information content (AvgIpc) is 3.59. The van der Waals surface area contributed by atoms with E-state index in [0.29, 0.717) is 11.1 Å². The SMILES string of the molecule is N#Cc1c(-c2ccccc2)c(F)c(F)c(F)c1-c1ccc(-c2ccc3c(c2)sc2cc4[nH]c5ccccc5c4cc23)cc1. The number of para-hydroxylation sites is 1. The van der Waals surface area contributed by atoms with Crippen LogP contribution in [0.15, 0.2) is 109 Å². The number of aromatic nitrogens is 1. The molecular weight excluding hydrogens is 561 g/mol. The first-order valence-corrected chi connectivity index (χ1v) is 14.5. The Morgan fingerprint density at radius 1 is 0.512 bits per heavy atom. The number of benzene rings is 6. The molecule has 0 saturated heterocycles. The highest BCUT2D eigenvalue weighted by atomic mass is 32.1. The Balaban J connectivity index is 1.22. The summed E-state index contributed by atoms with van der Waals surface area (Å²) < 4.78 is 47.3. The van der Waals surface area contributed by atoms with E-state index in [0.717, 1.165) is 26.9 Å². The molecule has 8 aromatic rings. The molecular formula is C37H19F3N2S. The number of nitrogens with one attached hydrogen (secondary N) is 1. The van der Waals surface area contributed by atoms with Crippen molar-refractivity contribution in [1.82, 2.24) is 4.98 Å². The predicted octanol–water partition coefficient (Wildman–Crippen LogP) is 11.0. The monoisotopic (exact) mass is 580 g/mol. The standard InChI is InChI=1S/C37H19F3N2S/c38-35-33(21-6-2-1-3-7-21)28(19-41)34(36(39)37(35)40)22-12-10-20(11-13-22)23-14-15-25-27-17-26-24-8-4-5-9-29(24)42-30(26)18-32(27)43-31(25)16-23/h1-18,42H. The minimum absolute atomic E-state index is 0.244. The van der Waals surface area contributed by atoms with E-state index < -0.39 is 17.5 Å². The summed E-state index contributed by atoms with van der Waals surface area (Å²) in [7, 11) is 0. The number of rotatable bonds is 3. The van der Waals surface area contributed by atoms with Crippen LogP contribution in [0.2, 0.25) is 0 Å². The van der Waals surface area contributed by atoms with Gasteiger partial charge in [0.05, 0.1) is 5.56 Å².